The molecule has 0 saturated heterocycles. The molecule has 19 aromatic carbocycles. The van der Waals surface area contributed by atoms with Crippen LogP contribution in [0.5, 0.6) is 0 Å². The summed E-state index contributed by atoms with van der Waals surface area (Å²) < 4.78 is 23.2. The molecule has 0 unspecified atom stereocenters. The van der Waals surface area contributed by atoms with E-state index < -0.39 is 0 Å². The van der Waals surface area contributed by atoms with Gasteiger partial charge in [-0.05, 0) is 230 Å². The minimum Gasteiger partial charge on any atom is -0.456 e. The van der Waals surface area contributed by atoms with Crippen molar-refractivity contribution >= 4 is 174 Å². The van der Waals surface area contributed by atoms with E-state index in [1.165, 1.54) is 118 Å². The van der Waals surface area contributed by atoms with Gasteiger partial charge in [0.2, 0.25) is 0 Å². The van der Waals surface area contributed by atoms with E-state index in [-0.39, 0.29) is 0 Å². The minimum atomic E-state index is 0.901. The van der Waals surface area contributed by atoms with Gasteiger partial charge in [0, 0.05) is 107 Å². The van der Waals surface area contributed by atoms with E-state index in [1.807, 2.05) is 102 Å². The van der Waals surface area contributed by atoms with Gasteiger partial charge >= 0.3 is 0 Å². The molecule has 5 aromatic heterocycles. The number of nitrogens with one attached hydrogen (secondary N) is 3. The van der Waals surface area contributed by atoms with Gasteiger partial charge in [-0.25, -0.2) is 0 Å². The Kier molecular flexibility index (Phi) is 19.8. The Morgan fingerprint density at radius 2 is 0.488 bits per heavy atom. The fourth-order valence-electron chi connectivity index (χ4n) is 16.6. The summed E-state index contributed by atoms with van der Waals surface area (Å²) in [5.41, 5.74) is 26.9. The number of fused-ring (bicyclic) bond motifs is 16. The molecule has 0 atom stereocenters. The van der Waals surface area contributed by atoms with Crippen molar-refractivity contribution in [3.05, 3.63) is 448 Å². The summed E-state index contributed by atoms with van der Waals surface area (Å²) in [6.07, 6.45) is 0.937. The molecule has 0 radical (unpaired) electrons. The zero-order valence-electron chi connectivity index (χ0n) is 65.8. The van der Waals surface area contributed by atoms with E-state index in [2.05, 4.69) is 374 Å². The zero-order valence-corrected chi connectivity index (χ0v) is 67.5. The quantitative estimate of drug-likeness (QED) is 0.107. The largest absolute Gasteiger partial charge is 0.456 e. The van der Waals surface area contributed by atoms with Crippen LogP contribution in [0.2, 0.25) is 0 Å². The Labute approximate surface area is 707 Å². The summed E-state index contributed by atoms with van der Waals surface area (Å²) in [6, 6.07) is 154. The van der Waals surface area contributed by atoms with Crippen molar-refractivity contribution in [2.45, 2.75) is 6.42 Å². The second-order valence-electron chi connectivity index (χ2n) is 30.5. The third kappa shape index (κ3) is 15.4. The molecule has 24 aromatic rings. The molecule has 0 bridgehead atoms. The molecular formula is C113H77N3O3S2. The summed E-state index contributed by atoms with van der Waals surface area (Å²) >= 11 is 3.72. The molecule has 574 valence electrons. The molecule has 0 aliphatic rings. The summed E-state index contributed by atoms with van der Waals surface area (Å²) in [5, 5.41) is 25.3. The van der Waals surface area contributed by atoms with Gasteiger partial charge in [0.25, 0.3) is 0 Å². The molecule has 0 aliphatic carbocycles. The van der Waals surface area contributed by atoms with Crippen molar-refractivity contribution < 1.29 is 13.3 Å². The first-order chi connectivity index (χ1) is 59.9. The van der Waals surface area contributed by atoms with Crippen molar-refractivity contribution in [2.24, 2.45) is 0 Å². The topological polar surface area (TPSA) is 75.5 Å². The lowest BCUT2D eigenvalue weighted by atomic mass is 9.97. The van der Waals surface area contributed by atoms with E-state index in [1.54, 1.807) is 0 Å². The Bertz CT molecular complexity index is 7760. The highest BCUT2D eigenvalue weighted by atomic mass is 32.1. The van der Waals surface area contributed by atoms with Crippen LogP contribution in [-0.4, -0.2) is 0 Å². The molecule has 0 saturated carbocycles. The van der Waals surface area contributed by atoms with Crippen molar-refractivity contribution in [1.82, 2.24) is 0 Å². The molecular weight excluding hydrogens is 1510 g/mol. The highest BCUT2D eigenvalue weighted by molar-refractivity contribution is 7.26. The lowest BCUT2D eigenvalue weighted by molar-refractivity contribution is 0.668. The van der Waals surface area contributed by atoms with Crippen LogP contribution in [0.1, 0.15) is 11.1 Å². The number of para-hydroxylation sites is 3. The normalized spacial score (nSPS) is 11.3. The first-order valence-corrected chi connectivity index (χ1v) is 42.5. The Morgan fingerprint density at radius 1 is 0.174 bits per heavy atom. The summed E-state index contributed by atoms with van der Waals surface area (Å²) in [7, 11) is 0. The predicted molar refractivity (Wildman–Crippen MR) is 516 cm³/mol. The number of anilines is 6. The number of rotatable bonds is 13. The number of furan rings is 3. The highest BCUT2D eigenvalue weighted by Gasteiger charge is 2.15. The Hall–Kier alpha value is -15.3. The average Bonchev–Trinajstić information content (AvgIpc) is 1.64. The molecule has 6 nitrogen and oxygen atoms in total. The monoisotopic (exact) mass is 1590 g/mol. The minimum absolute atomic E-state index is 0.901. The first-order valence-electron chi connectivity index (χ1n) is 40.8. The summed E-state index contributed by atoms with van der Waals surface area (Å²) in [6.45, 7) is 0. The van der Waals surface area contributed by atoms with Crippen LogP contribution in [-0.2, 0) is 6.42 Å². The molecule has 0 fully saturated rings. The van der Waals surface area contributed by atoms with E-state index in [4.69, 9.17) is 13.3 Å². The van der Waals surface area contributed by atoms with Gasteiger partial charge in [-0.2, -0.15) is 0 Å². The fraction of sp³-hybridized carbons (Fsp3) is 0.00885. The van der Waals surface area contributed by atoms with Crippen LogP contribution >= 0.6 is 22.7 Å². The average molecular weight is 1590 g/mol. The molecule has 8 heteroatoms. The molecule has 0 aliphatic heterocycles. The molecule has 121 heavy (non-hydrogen) atoms. The van der Waals surface area contributed by atoms with E-state index in [9.17, 15) is 0 Å². The number of benzene rings is 19. The van der Waals surface area contributed by atoms with E-state index in [0.29, 0.717) is 0 Å². The van der Waals surface area contributed by atoms with Crippen molar-refractivity contribution in [1.29, 1.82) is 0 Å². The summed E-state index contributed by atoms with van der Waals surface area (Å²) in [5.74, 6) is 0. The van der Waals surface area contributed by atoms with Crippen LogP contribution in [0.4, 0.5) is 34.1 Å². The highest BCUT2D eigenvalue weighted by Crippen LogP contribution is 2.42. The Morgan fingerprint density at radius 3 is 1.04 bits per heavy atom. The molecule has 24 rings (SSSR count). The van der Waals surface area contributed by atoms with Crippen LogP contribution in [0.15, 0.2) is 450 Å². The number of hydrogen-bond donors (Lipinski definition) is 3. The van der Waals surface area contributed by atoms with E-state index >= 15 is 0 Å². The van der Waals surface area contributed by atoms with Crippen LogP contribution < -0.4 is 16.0 Å². The number of hydrogen-bond acceptors (Lipinski definition) is 8. The maximum Gasteiger partial charge on any atom is 0.135 e. The first kappa shape index (κ1) is 73.3. The van der Waals surface area contributed by atoms with Crippen LogP contribution in [0, 0.1) is 0 Å². The van der Waals surface area contributed by atoms with Crippen molar-refractivity contribution in [2.75, 3.05) is 16.0 Å². The van der Waals surface area contributed by atoms with Gasteiger partial charge in [-0.15, -0.1) is 22.7 Å². The molecule has 3 N–H and O–H groups in total. The van der Waals surface area contributed by atoms with Gasteiger partial charge in [-0.3, -0.25) is 0 Å². The molecule has 0 spiro atoms. The van der Waals surface area contributed by atoms with Gasteiger partial charge in [0.1, 0.15) is 33.5 Å². The zero-order chi connectivity index (χ0) is 80.4. The van der Waals surface area contributed by atoms with Crippen LogP contribution in [0.25, 0.3) is 173 Å². The summed E-state index contributed by atoms with van der Waals surface area (Å²) in [4.78, 5) is 0. The second kappa shape index (κ2) is 32.6. The van der Waals surface area contributed by atoms with Crippen LogP contribution in [0.3, 0.4) is 0 Å². The van der Waals surface area contributed by atoms with Crippen molar-refractivity contribution in [3.8, 4) is 55.6 Å². The molecule has 5 heterocycles. The van der Waals surface area contributed by atoms with Gasteiger partial charge in [0.15, 0.2) is 0 Å². The van der Waals surface area contributed by atoms with Gasteiger partial charge in [0.05, 0.1) is 0 Å². The standard InChI is InChI=1S/C34H23NO.C31H22S.C24H15NO2.C24H17NS/c1-2-8-29-24(6-1)7-5-10-30(29)25-14-19-28(20-15-25)35-27-17-12-23(13-18-27)26-16-21-34-32(22-26)31-9-3-4-11-33(31)36-34;1-2-8-24(9-3-1)25-15-13-22(14-16-25)19-23-7-6-10-26(20-23)27-17-18-31-29(21-27)28-11-4-5-12-30(28)32-31;1-3-7-21-17(5-1)19-13-15(9-11-23(19)26-21)25-16-10-12-24-20(14-16)18-6-2-4-8-22(18)27-24;1-2-6-17(7-3-1)18-10-12-19(13-11-18)25-20-14-15-24-22(16-20)21-8-4-5-9-23(21)26-24/h1-22,35H;1-18,20-21H,19H2;1-14,25H;1-16,25H. The maximum atomic E-state index is 5.98. The lowest BCUT2D eigenvalue weighted by Gasteiger charge is -2.10. The van der Waals surface area contributed by atoms with E-state index in [0.717, 1.165) is 106 Å². The van der Waals surface area contributed by atoms with Gasteiger partial charge < -0.3 is 29.2 Å². The predicted octanol–water partition coefficient (Wildman–Crippen LogP) is 33.5. The lowest BCUT2D eigenvalue weighted by Crippen LogP contribution is -1.90. The number of thiophene rings is 2. The Balaban J connectivity index is 0.000000100. The smallest absolute Gasteiger partial charge is 0.135 e. The second-order valence-corrected chi connectivity index (χ2v) is 32.7. The SMILES string of the molecule is c1ccc(-c2ccc(Cc3cccc(-c4ccc5sc6ccccc6c5c4)c3)cc2)cc1.c1ccc(-c2ccc(Nc3ccc4sc5ccccc5c4c3)cc2)cc1.c1ccc2c(-c3ccc(Nc4ccc(-c5ccc6oc7ccccc7c6c5)cc4)cc3)cccc2c1.c1ccc2c(c1)oc1ccc(Nc3ccc4oc5ccccc5c4c3)cc12. The maximum absolute atomic E-state index is 5.98. The van der Waals surface area contributed by atoms with Crippen molar-refractivity contribution in [3.63, 3.8) is 0 Å². The third-order valence-electron chi connectivity index (χ3n) is 22.7. The van der Waals surface area contributed by atoms with Gasteiger partial charge in [-0.1, -0.05) is 291 Å². The third-order valence-corrected chi connectivity index (χ3v) is 25.0. The molecule has 0 amide bonds. The fourth-order valence-corrected chi connectivity index (χ4v) is 18.8.